The van der Waals surface area contributed by atoms with Gasteiger partial charge in [0.05, 0.1) is 0 Å². The number of aryl methyl sites for hydroxylation is 1. The number of rotatable bonds is 3. The molecule has 1 atom stereocenters. The average molecular weight is 235 g/mol. The van der Waals surface area contributed by atoms with Crippen molar-refractivity contribution in [2.75, 3.05) is 6.54 Å². The second-order valence-electron chi connectivity index (χ2n) is 3.59. The van der Waals surface area contributed by atoms with Gasteiger partial charge in [-0.2, -0.15) is 13.2 Å². The third-order valence-electron chi connectivity index (χ3n) is 2.13. The van der Waals surface area contributed by atoms with Crippen LogP contribution in [0.4, 0.5) is 17.6 Å². The fraction of sp³-hybridized carbons (Fsp3) is 0.455. The molecule has 0 fully saturated rings. The van der Waals surface area contributed by atoms with Gasteiger partial charge in [-0.3, -0.25) is 0 Å². The molecule has 0 amide bonds. The summed E-state index contributed by atoms with van der Waals surface area (Å²) in [7, 11) is 0. The summed E-state index contributed by atoms with van der Waals surface area (Å²) in [6.45, 7) is 3.30. The lowest BCUT2D eigenvalue weighted by molar-refractivity contribution is -0.157. The molecular formula is C11H13F4N. The molecule has 1 N–H and O–H groups in total. The highest BCUT2D eigenvalue weighted by molar-refractivity contribution is 5.27. The number of hydrogen-bond donors (Lipinski definition) is 1. The highest BCUT2D eigenvalue weighted by Gasteiger charge is 2.40. The van der Waals surface area contributed by atoms with Crippen molar-refractivity contribution in [2.45, 2.75) is 26.1 Å². The van der Waals surface area contributed by atoms with E-state index in [9.17, 15) is 17.6 Å². The van der Waals surface area contributed by atoms with Gasteiger partial charge in [0.1, 0.15) is 11.9 Å². The summed E-state index contributed by atoms with van der Waals surface area (Å²) in [5.41, 5.74) is 0.383. The molecule has 5 heteroatoms. The minimum Gasteiger partial charge on any atom is -0.303 e. The van der Waals surface area contributed by atoms with Gasteiger partial charge >= 0.3 is 6.18 Å². The fourth-order valence-corrected chi connectivity index (χ4v) is 1.56. The summed E-state index contributed by atoms with van der Waals surface area (Å²) in [4.78, 5) is 0. The maximum atomic E-state index is 13.0. The Morgan fingerprint density at radius 3 is 2.31 bits per heavy atom. The standard InChI is InChI=1S/C11H13F4N/c1-3-16-10(11(13,14)15)8-4-7(2)5-9(12)6-8/h4-6,10,16H,3H2,1-2H3. The Hall–Kier alpha value is -1.10. The SMILES string of the molecule is CCNC(c1cc(C)cc(F)c1)C(F)(F)F. The predicted octanol–water partition coefficient (Wildman–Crippen LogP) is 3.35. The van der Waals surface area contributed by atoms with E-state index in [0.717, 1.165) is 6.07 Å². The first-order chi connectivity index (χ1) is 7.34. The van der Waals surface area contributed by atoms with E-state index < -0.39 is 18.0 Å². The molecule has 1 aromatic rings. The molecule has 0 aliphatic heterocycles. The maximum Gasteiger partial charge on any atom is 0.407 e. The van der Waals surface area contributed by atoms with Crippen molar-refractivity contribution in [2.24, 2.45) is 0 Å². The predicted molar refractivity (Wildman–Crippen MR) is 53.6 cm³/mol. The Bertz CT molecular complexity index is 339. The van der Waals surface area contributed by atoms with Crippen molar-refractivity contribution in [1.29, 1.82) is 0 Å². The third kappa shape index (κ3) is 3.20. The zero-order valence-electron chi connectivity index (χ0n) is 9.03. The topological polar surface area (TPSA) is 12.0 Å². The highest BCUT2D eigenvalue weighted by atomic mass is 19.4. The first kappa shape index (κ1) is 13.0. The van der Waals surface area contributed by atoms with Crippen molar-refractivity contribution in [1.82, 2.24) is 5.32 Å². The molecule has 90 valence electrons. The van der Waals surface area contributed by atoms with Gasteiger partial charge in [0, 0.05) is 0 Å². The minimum atomic E-state index is -4.42. The van der Waals surface area contributed by atoms with E-state index in [1.54, 1.807) is 13.8 Å². The van der Waals surface area contributed by atoms with Crippen LogP contribution in [0.15, 0.2) is 18.2 Å². The number of hydrogen-bond acceptors (Lipinski definition) is 1. The van der Waals surface area contributed by atoms with Gasteiger partial charge in [-0.1, -0.05) is 13.0 Å². The fourth-order valence-electron chi connectivity index (χ4n) is 1.56. The van der Waals surface area contributed by atoms with E-state index in [4.69, 9.17) is 0 Å². The monoisotopic (exact) mass is 235 g/mol. The van der Waals surface area contributed by atoms with Gasteiger partial charge in [0.15, 0.2) is 0 Å². The van der Waals surface area contributed by atoms with Crippen LogP contribution in [0.1, 0.15) is 24.1 Å². The second-order valence-corrected chi connectivity index (χ2v) is 3.59. The molecule has 0 aliphatic carbocycles. The molecule has 0 heterocycles. The molecule has 0 radical (unpaired) electrons. The van der Waals surface area contributed by atoms with Gasteiger partial charge < -0.3 is 5.32 Å². The van der Waals surface area contributed by atoms with Crippen molar-refractivity contribution in [3.63, 3.8) is 0 Å². The van der Waals surface area contributed by atoms with Crippen molar-refractivity contribution in [3.05, 3.63) is 35.1 Å². The summed E-state index contributed by atoms with van der Waals surface area (Å²) in [5, 5.41) is 2.30. The number of nitrogens with one attached hydrogen (secondary N) is 1. The second kappa shape index (κ2) is 4.82. The largest absolute Gasteiger partial charge is 0.407 e. The molecule has 16 heavy (non-hydrogen) atoms. The van der Waals surface area contributed by atoms with E-state index in [0.29, 0.717) is 5.56 Å². The molecule has 0 aliphatic rings. The van der Waals surface area contributed by atoms with Gasteiger partial charge in [-0.25, -0.2) is 4.39 Å². The van der Waals surface area contributed by atoms with Crippen LogP contribution in [0, 0.1) is 12.7 Å². The first-order valence-electron chi connectivity index (χ1n) is 4.91. The lowest BCUT2D eigenvalue weighted by Gasteiger charge is -2.21. The zero-order chi connectivity index (χ0) is 12.3. The van der Waals surface area contributed by atoms with Gasteiger partial charge in [-0.05, 0) is 36.7 Å². The summed E-state index contributed by atoms with van der Waals surface area (Å²) in [5.74, 6) is -0.651. The Morgan fingerprint density at radius 1 is 1.25 bits per heavy atom. The summed E-state index contributed by atoms with van der Waals surface area (Å²) >= 11 is 0. The van der Waals surface area contributed by atoms with Gasteiger partial charge in [0.2, 0.25) is 0 Å². The maximum absolute atomic E-state index is 13.0. The summed E-state index contributed by atoms with van der Waals surface area (Å²) < 4.78 is 51.0. The van der Waals surface area contributed by atoms with Crippen LogP contribution in [0.5, 0.6) is 0 Å². The number of benzene rings is 1. The van der Waals surface area contributed by atoms with Crippen molar-refractivity contribution < 1.29 is 17.6 Å². The molecule has 1 unspecified atom stereocenters. The molecule has 0 saturated heterocycles. The molecule has 0 bridgehead atoms. The quantitative estimate of drug-likeness (QED) is 0.792. The summed E-state index contributed by atoms with van der Waals surface area (Å²) in [6.07, 6.45) is -4.42. The highest BCUT2D eigenvalue weighted by Crippen LogP contribution is 2.33. The van der Waals surface area contributed by atoms with Crippen LogP contribution in [0.25, 0.3) is 0 Å². The molecule has 1 nitrogen and oxygen atoms in total. The van der Waals surface area contributed by atoms with Gasteiger partial charge in [-0.15, -0.1) is 0 Å². The lowest BCUT2D eigenvalue weighted by atomic mass is 10.0. The minimum absolute atomic E-state index is 0.0909. The van der Waals surface area contributed by atoms with E-state index in [1.807, 2.05) is 0 Å². The molecule has 1 rings (SSSR count). The molecule has 0 spiro atoms. The van der Waals surface area contributed by atoms with Crippen LogP contribution < -0.4 is 5.32 Å². The van der Waals surface area contributed by atoms with E-state index >= 15 is 0 Å². The number of halogens is 4. The van der Waals surface area contributed by atoms with Crippen LogP contribution in [0.2, 0.25) is 0 Å². The smallest absolute Gasteiger partial charge is 0.303 e. The van der Waals surface area contributed by atoms with Crippen LogP contribution in [0.3, 0.4) is 0 Å². The van der Waals surface area contributed by atoms with Crippen molar-refractivity contribution in [3.8, 4) is 0 Å². The lowest BCUT2D eigenvalue weighted by Crippen LogP contribution is -2.34. The van der Waals surface area contributed by atoms with Crippen LogP contribution in [-0.2, 0) is 0 Å². The van der Waals surface area contributed by atoms with E-state index in [1.165, 1.54) is 12.1 Å². The van der Waals surface area contributed by atoms with Crippen molar-refractivity contribution >= 4 is 0 Å². The average Bonchev–Trinajstić information content (AvgIpc) is 2.10. The molecule has 0 saturated carbocycles. The molecular weight excluding hydrogens is 222 g/mol. The first-order valence-corrected chi connectivity index (χ1v) is 4.91. The number of alkyl halides is 3. The Morgan fingerprint density at radius 2 is 1.88 bits per heavy atom. The third-order valence-corrected chi connectivity index (χ3v) is 2.13. The Balaban J connectivity index is 3.10. The Kier molecular flexibility index (Phi) is 3.91. The van der Waals surface area contributed by atoms with Gasteiger partial charge in [0.25, 0.3) is 0 Å². The molecule has 1 aromatic carbocycles. The van der Waals surface area contributed by atoms with Crippen LogP contribution in [-0.4, -0.2) is 12.7 Å². The Labute approximate surface area is 91.5 Å². The van der Waals surface area contributed by atoms with Crippen LogP contribution >= 0.6 is 0 Å². The molecule has 0 aromatic heterocycles. The zero-order valence-corrected chi connectivity index (χ0v) is 9.03. The van der Waals surface area contributed by atoms with E-state index in [2.05, 4.69) is 5.32 Å². The normalized spacial score (nSPS) is 13.9. The summed E-state index contributed by atoms with van der Waals surface area (Å²) in [6, 6.07) is 1.63. The van der Waals surface area contributed by atoms with E-state index in [-0.39, 0.29) is 12.1 Å².